The minimum absolute atomic E-state index is 0.0983. The van der Waals surface area contributed by atoms with Gasteiger partial charge in [0.1, 0.15) is 0 Å². The largest absolute Gasteiger partial charge is 0.502 e. The van der Waals surface area contributed by atoms with Crippen molar-refractivity contribution in [1.29, 1.82) is 5.41 Å². The Balaban J connectivity index is 3.35. The second kappa shape index (κ2) is 3.22. The quantitative estimate of drug-likeness (QED) is 0.412. The molecule has 5 heteroatoms. The Hall–Kier alpha value is -1.91. The van der Waals surface area contributed by atoms with Crippen LogP contribution >= 0.6 is 0 Å². The van der Waals surface area contributed by atoms with Crippen molar-refractivity contribution in [3.63, 3.8) is 0 Å². The zero-order chi connectivity index (χ0) is 10.0. The molecule has 0 unspecified atom stereocenters. The van der Waals surface area contributed by atoms with Crippen LogP contribution < -0.4 is 0 Å². The molecule has 0 amide bonds. The van der Waals surface area contributed by atoms with Gasteiger partial charge in [0.25, 0.3) is 0 Å². The molecule has 2 N–H and O–H groups in total. The van der Waals surface area contributed by atoms with Crippen LogP contribution in [0, 0.1) is 15.5 Å². The maximum absolute atomic E-state index is 10.4. The molecule has 0 heterocycles. The van der Waals surface area contributed by atoms with Crippen LogP contribution in [0.5, 0.6) is 5.75 Å². The normalized spacial score (nSPS) is 9.62. The second-order valence-corrected chi connectivity index (χ2v) is 2.56. The predicted octanol–water partition coefficient (Wildman–Crippen LogP) is 1.69. The van der Waals surface area contributed by atoms with Crippen LogP contribution in [0.3, 0.4) is 0 Å². The molecule has 0 saturated heterocycles. The molecular formula is C8H8N2O3. The lowest BCUT2D eigenvalue weighted by Gasteiger charge is -2.01. The van der Waals surface area contributed by atoms with Crippen molar-refractivity contribution < 1.29 is 10.0 Å². The van der Waals surface area contributed by atoms with E-state index in [2.05, 4.69) is 0 Å². The molecule has 0 aromatic heterocycles. The first-order chi connectivity index (χ1) is 6.04. The molecule has 5 nitrogen and oxygen atoms in total. The molecule has 1 aromatic rings. The minimum Gasteiger partial charge on any atom is -0.502 e. The van der Waals surface area contributed by atoms with Gasteiger partial charge in [-0.2, -0.15) is 0 Å². The van der Waals surface area contributed by atoms with E-state index in [1.807, 2.05) is 0 Å². The highest BCUT2D eigenvalue weighted by atomic mass is 16.6. The highest BCUT2D eigenvalue weighted by Gasteiger charge is 2.16. The number of para-hydroxylation sites is 1. The third-order valence-electron chi connectivity index (χ3n) is 1.62. The maximum Gasteiger partial charge on any atom is 0.311 e. The number of nitro groups is 1. The minimum atomic E-state index is -0.679. The van der Waals surface area contributed by atoms with Gasteiger partial charge in [-0.15, -0.1) is 0 Å². The number of hydrogen-bond acceptors (Lipinski definition) is 4. The van der Waals surface area contributed by atoms with Crippen LogP contribution in [-0.2, 0) is 0 Å². The highest BCUT2D eigenvalue weighted by Crippen LogP contribution is 2.29. The van der Waals surface area contributed by atoms with Crippen LogP contribution in [0.25, 0.3) is 0 Å². The Kier molecular flexibility index (Phi) is 2.27. The third-order valence-corrected chi connectivity index (χ3v) is 1.62. The van der Waals surface area contributed by atoms with E-state index in [1.54, 1.807) is 0 Å². The van der Waals surface area contributed by atoms with Gasteiger partial charge >= 0.3 is 5.69 Å². The Morgan fingerprint density at radius 3 is 2.69 bits per heavy atom. The molecule has 0 atom stereocenters. The van der Waals surface area contributed by atoms with E-state index in [4.69, 9.17) is 5.41 Å². The van der Waals surface area contributed by atoms with Crippen molar-refractivity contribution >= 4 is 11.4 Å². The fraction of sp³-hybridized carbons (Fsp3) is 0.125. The van der Waals surface area contributed by atoms with Gasteiger partial charge in [0, 0.05) is 17.3 Å². The average Bonchev–Trinajstić information content (AvgIpc) is 2.03. The first-order valence-corrected chi connectivity index (χ1v) is 3.56. The summed E-state index contributed by atoms with van der Waals surface area (Å²) >= 11 is 0. The van der Waals surface area contributed by atoms with Crippen molar-refractivity contribution in [2.45, 2.75) is 6.92 Å². The summed E-state index contributed by atoms with van der Waals surface area (Å²) in [7, 11) is 0. The number of nitrogens with one attached hydrogen (secondary N) is 1. The SMILES string of the molecule is CC(=N)c1cccc([N+](=O)[O-])c1O. The van der Waals surface area contributed by atoms with Crippen molar-refractivity contribution in [2.24, 2.45) is 0 Å². The molecule has 1 rings (SSSR count). The molecular weight excluding hydrogens is 172 g/mol. The van der Waals surface area contributed by atoms with Gasteiger partial charge in [0.2, 0.25) is 5.75 Å². The Morgan fingerprint density at radius 2 is 2.23 bits per heavy atom. The number of phenols is 1. The third kappa shape index (κ3) is 1.64. The average molecular weight is 180 g/mol. The molecule has 0 aliphatic heterocycles. The molecule has 68 valence electrons. The number of hydrogen-bond donors (Lipinski definition) is 2. The maximum atomic E-state index is 10.4. The van der Waals surface area contributed by atoms with Crippen molar-refractivity contribution in [1.82, 2.24) is 0 Å². The number of benzene rings is 1. The van der Waals surface area contributed by atoms with Crippen LogP contribution in [-0.4, -0.2) is 15.7 Å². The van der Waals surface area contributed by atoms with Crippen LogP contribution in [0.1, 0.15) is 12.5 Å². The number of phenolic OH excluding ortho intramolecular Hbond substituents is 1. The second-order valence-electron chi connectivity index (χ2n) is 2.56. The van der Waals surface area contributed by atoms with E-state index in [1.165, 1.54) is 25.1 Å². The molecule has 0 bridgehead atoms. The Morgan fingerprint density at radius 1 is 1.62 bits per heavy atom. The summed E-state index contributed by atoms with van der Waals surface area (Å²) < 4.78 is 0. The lowest BCUT2D eigenvalue weighted by molar-refractivity contribution is -0.385. The van der Waals surface area contributed by atoms with Crippen molar-refractivity contribution in [3.05, 3.63) is 33.9 Å². The van der Waals surface area contributed by atoms with Crippen LogP contribution in [0.2, 0.25) is 0 Å². The van der Waals surface area contributed by atoms with E-state index in [9.17, 15) is 15.2 Å². The van der Waals surface area contributed by atoms with Gasteiger partial charge in [-0.25, -0.2) is 0 Å². The van der Waals surface area contributed by atoms with Crippen molar-refractivity contribution in [3.8, 4) is 5.75 Å². The number of nitro benzene ring substituents is 1. The van der Waals surface area contributed by atoms with Gasteiger partial charge in [0.15, 0.2) is 0 Å². The number of nitrogens with zero attached hydrogens (tertiary/aromatic N) is 1. The van der Waals surface area contributed by atoms with Gasteiger partial charge in [-0.05, 0) is 13.0 Å². The first kappa shape index (κ1) is 9.18. The van der Waals surface area contributed by atoms with Crippen molar-refractivity contribution in [2.75, 3.05) is 0 Å². The van der Waals surface area contributed by atoms with Gasteiger partial charge in [-0.3, -0.25) is 10.1 Å². The Bertz CT molecular complexity index is 341. The summed E-state index contributed by atoms with van der Waals surface area (Å²) in [5.41, 5.74) is -0.0838. The molecule has 0 spiro atoms. The summed E-state index contributed by atoms with van der Waals surface area (Å²) in [6.07, 6.45) is 0. The summed E-state index contributed by atoms with van der Waals surface area (Å²) in [4.78, 5) is 9.69. The zero-order valence-electron chi connectivity index (χ0n) is 6.94. The molecule has 0 radical (unpaired) electrons. The van der Waals surface area contributed by atoms with E-state index in [0.29, 0.717) is 0 Å². The monoisotopic (exact) mass is 180 g/mol. The molecule has 13 heavy (non-hydrogen) atoms. The lowest BCUT2D eigenvalue weighted by atomic mass is 10.1. The molecule has 0 aliphatic rings. The number of rotatable bonds is 2. The van der Waals surface area contributed by atoms with Gasteiger partial charge in [-0.1, -0.05) is 6.07 Å². The van der Waals surface area contributed by atoms with Crippen LogP contribution in [0.15, 0.2) is 18.2 Å². The smallest absolute Gasteiger partial charge is 0.311 e. The molecule has 0 saturated carbocycles. The van der Waals surface area contributed by atoms with Gasteiger partial charge < -0.3 is 10.5 Å². The predicted molar refractivity (Wildman–Crippen MR) is 47.3 cm³/mol. The molecule has 0 fully saturated rings. The summed E-state index contributed by atoms with van der Waals surface area (Å²) in [6, 6.07) is 4.09. The van der Waals surface area contributed by atoms with E-state index in [0.717, 1.165) is 0 Å². The summed E-state index contributed by atoms with van der Waals surface area (Å²) in [6.45, 7) is 1.46. The van der Waals surface area contributed by atoms with E-state index < -0.39 is 10.7 Å². The molecule has 1 aromatic carbocycles. The number of aromatic hydroxyl groups is 1. The Labute approximate surface area is 74.3 Å². The lowest BCUT2D eigenvalue weighted by Crippen LogP contribution is -1.96. The molecule has 0 aliphatic carbocycles. The van der Waals surface area contributed by atoms with Crippen LogP contribution in [0.4, 0.5) is 5.69 Å². The fourth-order valence-electron chi connectivity index (χ4n) is 0.981. The fourth-order valence-corrected chi connectivity index (χ4v) is 0.981. The first-order valence-electron chi connectivity index (χ1n) is 3.56. The van der Waals surface area contributed by atoms with Gasteiger partial charge in [0.05, 0.1) is 4.92 Å². The summed E-state index contributed by atoms with van der Waals surface area (Å²) in [5, 5.41) is 27.0. The summed E-state index contributed by atoms with van der Waals surface area (Å²) in [5.74, 6) is -0.444. The van der Waals surface area contributed by atoms with E-state index in [-0.39, 0.29) is 17.0 Å². The highest BCUT2D eigenvalue weighted by molar-refractivity contribution is 5.99. The topological polar surface area (TPSA) is 87.2 Å². The standard InChI is InChI=1S/C8H8N2O3/c1-5(9)6-3-2-4-7(8(6)11)10(12)13/h2-4,9,11H,1H3. The zero-order valence-corrected chi connectivity index (χ0v) is 6.94. The van der Waals surface area contributed by atoms with E-state index >= 15 is 0 Å².